The summed E-state index contributed by atoms with van der Waals surface area (Å²) in [6.07, 6.45) is 11.6. The summed E-state index contributed by atoms with van der Waals surface area (Å²) in [6.45, 7) is 28.3. The molecule has 0 amide bonds. The van der Waals surface area contributed by atoms with E-state index in [1.165, 1.54) is 48.0 Å². The Morgan fingerprint density at radius 3 is 1.15 bits per heavy atom. The fourth-order valence-corrected chi connectivity index (χ4v) is 7.37. The molecular formula is C80H90Cl2F12O. The SMILES string of the molecule is CC(C)/C(F)=C/c1ccccc1.CC(C)/C=C/c1ccc(C(F)(F)F)cc1.CC(C)/C=C/c1ccc(Cl)cc1Cl.CC(C)/C=C/c1ccc(F)cc1F.CC(C)/C=C/c1ccc(OC(F)(F)F)cc1.CC(C)/C=C/c1cccc(C(F)(F)F)c1.CC(C)/C=C/c1ccccc1. The second-order valence-electron chi connectivity index (χ2n) is 23.8. The van der Waals surface area contributed by atoms with Gasteiger partial charge < -0.3 is 4.74 Å². The van der Waals surface area contributed by atoms with Crippen LogP contribution in [0.3, 0.4) is 0 Å². The van der Waals surface area contributed by atoms with Crippen LogP contribution in [0.5, 0.6) is 5.75 Å². The monoisotopic (exact) mass is 1360 g/mol. The molecule has 0 aliphatic rings. The molecule has 7 aromatic rings. The van der Waals surface area contributed by atoms with E-state index in [0.29, 0.717) is 56.7 Å². The number of alkyl halides is 9. The molecule has 0 radical (unpaired) electrons. The first-order chi connectivity index (χ1) is 44.3. The van der Waals surface area contributed by atoms with Crippen molar-refractivity contribution in [2.24, 2.45) is 41.4 Å². The lowest BCUT2D eigenvalue weighted by atomic mass is 10.1. The van der Waals surface area contributed by atoms with Crippen molar-refractivity contribution in [1.82, 2.24) is 0 Å². The molecule has 0 bridgehead atoms. The first-order valence-electron chi connectivity index (χ1n) is 31.0. The first-order valence-corrected chi connectivity index (χ1v) is 31.8. The average molecular weight is 1370 g/mol. The van der Waals surface area contributed by atoms with Crippen molar-refractivity contribution >= 4 is 65.7 Å². The molecular weight excluding hydrogens is 1280 g/mol. The van der Waals surface area contributed by atoms with Crippen molar-refractivity contribution in [1.29, 1.82) is 0 Å². The summed E-state index contributed by atoms with van der Waals surface area (Å²) in [6, 6.07) is 45.2. The molecule has 0 atom stereocenters. The van der Waals surface area contributed by atoms with E-state index in [0.717, 1.165) is 52.6 Å². The highest BCUT2D eigenvalue weighted by molar-refractivity contribution is 6.35. The third-order valence-corrected chi connectivity index (χ3v) is 12.5. The molecule has 0 aliphatic heterocycles. The molecule has 0 spiro atoms. The summed E-state index contributed by atoms with van der Waals surface area (Å²) in [5.74, 6) is 1.32. The lowest BCUT2D eigenvalue weighted by Gasteiger charge is -2.08. The van der Waals surface area contributed by atoms with Crippen molar-refractivity contribution < 1.29 is 57.4 Å². The standard InChI is InChI=1S/C12H13F3O.2C12H13F3.C11H12Cl2.C11H12F2.C11H13F.C11H14/c1-9(2)3-4-10-5-7-11(8-6-10)16-12(13,14)15;1-9(2)3-4-10-5-7-11(8-6-10)12(13,14)15;1-9(2)6-7-10-4-3-5-11(8-10)12(13,14)15;2*1-8(2)3-4-9-5-6-10(12)7-11(9)13;1-9(2)11(12)8-10-6-4-3-5-7-10;1-10(2)8-9-11-6-4-3-5-7-11/h3-9H,1-2H3;2*3-9H,1-2H3;2*3-8H,1-2H3;3-9H,1-2H3;3-10H,1-2H3/b2*4-3+;7-6+;2*4-3+;11-8-;9-8+. The first kappa shape index (κ1) is 85.3. The quantitative estimate of drug-likeness (QED) is 0.0930. The van der Waals surface area contributed by atoms with E-state index >= 15 is 0 Å². The van der Waals surface area contributed by atoms with E-state index in [-0.39, 0.29) is 17.5 Å². The fraction of sp³-hybridized carbons (Fsp3) is 0.300. The largest absolute Gasteiger partial charge is 0.573 e. The highest BCUT2D eigenvalue weighted by Gasteiger charge is 2.32. The van der Waals surface area contributed by atoms with Crippen molar-refractivity contribution in [2.75, 3.05) is 0 Å². The van der Waals surface area contributed by atoms with Crippen LogP contribution in [0.2, 0.25) is 10.0 Å². The molecule has 0 heterocycles. The molecule has 0 saturated carbocycles. The third kappa shape index (κ3) is 43.1. The summed E-state index contributed by atoms with van der Waals surface area (Å²) in [5.41, 5.74) is 4.65. The second-order valence-corrected chi connectivity index (χ2v) is 24.7. The van der Waals surface area contributed by atoms with Gasteiger partial charge >= 0.3 is 18.7 Å². The molecule has 15 heteroatoms. The van der Waals surface area contributed by atoms with Crippen LogP contribution in [0, 0.1) is 53.1 Å². The van der Waals surface area contributed by atoms with Crippen LogP contribution in [0.25, 0.3) is 42.5 Å². The molecule has 0 N–H and O–H groups in total. The predicted molar refractivity (Wildman–Crippen MR) is 379 cm³/mol. The van der Waals surface area contributed by atoms with Gasteiger partial charge in [-0.3, -0.25) is 0 Å². The maximum absolute atomic E-state index is 13.1. The smallest absolute Gasteiger partial charge is 0.406 e. The summed E-state index contributed by atoms with van der Waals surface area (Å²) < 4.78 is 152. The molecule has 514 valence electrons. The maximum atomic E-state index is 13.1. The van der Waals surface area contributed by atoms with Crippen LogP contribution in [0.4, 0.5) is 52.7 Å². The number of ether oxygens (including phenoxy) is 1. The Bertz CT molecular complexity index is 3370. The number of hydrogen-bond donors (Lipinski definition) is 0. The van der Waals surface area contributed by atoms with E-state index in [1.54, 1.807) is 42.5 Å². The van der Waals surface area contributed by atoms with Gasteiger partial charge in [0, 0.05) is 27.6 Å². The summed E-state index contributed by atoms with van der Waals surface area (Å²) in [5, 5.41) is 1.37. The Kier molecular flexibility index (Phi) is 40.2. The molecule has 7 aromatic carbocycles. The molecule has 0 fully saturated rings. The zero-order chi connectivity index (χ0) is 71.9. The van der Waals surface area contributed by atoms with Crippen LogP contribution in [-0.2, 0) is 12.4 Å². The van der Waals surface area contributed by atoms with Gasteiger partial charge in [-0.05, 0) is 136 Å². The number of rotatable bonds is 15. The lowest BCUT2D eigenvalue weighted by Crippen LogP contribution is -2.16. The van der Waals surface area contributed by atoms with E-state index in [1.807, 2.05) is 160 Å². The van der Waals surface area contributed by atoms with E-state index in [2.05, 4.69) is 74.9 Å². The van der Waals surface area contributed by atoms with Crippen molar-refractivity contribution in [2.45, 2.75) is 116 Å². The number of halogens is 14. The van der Waals surface area contributed by atoms with Crippen LogP contribution in [-0.4, -0.2) is 6.36 Å². The van der Waals surface area contributed by atoms with Crippen LogP contribution < -0.4 is 4.74 Å². The molecule has 0 aromatic heterocycles. The van der Waals surface area contributed by atoms with Crippen LogP contribution >= 0.6 is 23.2 Å². The Morgan fingerprint density at radius 2 is 0.747 bits per heavy atom. The van der Waals surface area contributed by atoms with Gasteiger partial charge in [-0.25, -0.2) is 13.2 Å². The zero-order valence-corrected chi connectivity index (χ0v) is 57.9. The van der Waals surface area contributed by atoms with E-state index in [9.17, 15) is 52.7 Å². The maximum Gasteiger partial charge on any atom is 0.573 e. The minimum absolute atomic E-state index is 0.0230. The number of hydrogen-bond acceptors (Lipinski definition) is 1. The number of benzene rings is 7. The Labute approximate surface area is 567 Å². The highest BCUT2D eigenvalue weighted by atomic mass is 35.5. The minimum Gasteiger partial charge on any atom is -0.406 e. The van der Waals surface area contributed by atoms with Gasteiger partial charge in [0.15, 0.2) is 0 Å². The van der Waals surface area contributed by atoms with Gasteiger partial charge in [0.05, 0.1) is 11.1 Å². The number of allylic oxidation sites excluding steroid dienone is 7. The van der Waals surface area contributed by atoms with Gasteiger partial charge in [-0.2, -0.15) is 26.3 Å². The van der Waals surface area contributed by atoms with Crippen LogP contribution in [0.1, 0.15) is 147 Å². The molecule has 95 heavy (non-hydrogen) atoms. The Balaban J connectivity index is 0.000000556. The summed E-state index contributed by atoms with van der Waals surface area (Å²) in [7, 11) is 0. The van der Waals surface area contributed by atoms with E-state index < -0.39 is 41.5 Å². The lowest BCUT2D eigenvalue weighted by molar-refractivity contribution is -0.274. The normalized spacial score (nSPS) is 12.1. The van der Waals surface area contributed by atoms with Gasteiger partial charge in [0.2, 0.25) is 0 Å². The minimum atomic E-state index is -4.63. The van der Waals surface area contributed by atoms with Gasteiger partial charge in [-0.15, -0.1) is 13.2 Å². The summed E-state index contributed by atoms with van der Waals surface area (Å²) >= 11 is 11.7. The Hall–Kier alpha value is -7.74. The summed E-state index contributed by atoms with van der Waals surface area (Å²) in [4.78, 5) is 0. The molecule has 0 saturated heterocycles. The van der Waals surface area contributed by atoms with Gasteiger partial charge in [0.25, 0.3) is 0 Å². The average Bonchev–Trinajstić information content (AvgIpc) is 0.978. The van der Waals surface area contributed by atoms with Gasteiger partial charge in [-0.1, -0.05) is 296 Å². The third-order valence-electron chi connectivity index (χ3n) is 12.0. The molecule has 1 nitrogen and oxygen atoms in total. The van der Waals surface area contributed by atoms with Gasteiger partial charge in [0.1, 0.15) is 23.2 Å². The van der Waals surface area contributed by atoms with E-state index in [4.69, 9.17) is 23.2 Å². The zero-order valence-electron chi connectivity index (χ0n) is 56.4. The predicted octanol–water partition coefficient (Wildman–Crippen LogP) is 28.3. The van der Waals surface area contributed by atoms with Crippen molar-refractivity contribution in [3.8, 4) is 5.75 Å². The molecule has 0 unspecified atom stereocenters. The Morgan fingerprint density at radius 1 is 0.368 bits per heavy atom. The topological polar surface area (TPSA) is 9.23 Å². The van der Waals surface area contributed by atoms with Crippen molar-refractivity contribution in [3.05, 3.63) is 284 Å². The fourth-order valence-electron chi connectivity index (χ4n) is 6.90. The van der Waals surface area contributed by atoms with Crippen LogP contribution in [0.15, 0.2) is 212 Å². The molecule has 7 rings (SSSR count). The molecule has 0 aliphatic carbocycles. The van der Waals surface area contributed by atoms with Crippen molar-refractivity contribution in [3.63, 3.8) is 0 Å². The second kappa shape index (κ2) is 44.8. The highest BCUT2D eigenvalue weighted by Crippen LogP contribution is 2.31.